The molecule has 0 spiro atoms. The summed E-state index contributed by atoms with van der Waals surface area (Å²) in [6.07, 6.45) is 6.58. The maximum Gasteiger partial charge on any atom is 0.137 e. The number of pyridine rings is 1. The molecule has 0 radical (unpaired) electrons. The van der Waals surface area contributed by atoms with Gasteiger partial charge in [0, 0.05) is 43.6 Å². The van der Waals surface area contributed by atoms with E-state index in [1.807, 2.05) is 12.1 Å². The van der Waals surface area contributed by atoms with E-state index in [2.05, 4.69) is 53.8 Å². The molecule has 1 saturated heterocycles. The minimum Gasteiger partial charge on any atom is -0.308 e. The van der Waals surface area contributed by atoms with Crippen molar-refractivity contribution in [3.05, 3.63) is 36.3 Å². The van der Waals surface area contributed by atoms with Crippen LogP contribution in [-0.4, -0.2) is 39.0 Å². The first-order valence-corrected chi connectivity index (χ1v) is 8.07. The monoisotopic (exact) mass is 286 g/mol. The molecule has 3 rings (SSSR count). The quantitative estimate of drug-likeness (QED) is 0.938. The van der Waals surface area contributed by atoms with Gasteiger partial charge in [-0.25, -0.2) is 4.98 Å². The topological polar surface area (TPSA) is 32.6 Å². The molecular formula is C17H26N4. The number of nitrogens with one attached hydrogen (secondary N) is 1. The van der Waals surface area contributed by atoms with E-state index in [9.17, 15) is 0 Å². The highest BCUT2D eigenvalue weighted by Crippen LogP contribution is 2.24. The van der Waals surface area contributed by atoms with Crippen LogP contribution in [0.3, 0.4) is 0 Å². The fraction of sp³-hybridized carbons (Fsp3) is 0.588. The normalized spacial score (nSPS) is 22.7. The first kappa shape index (κ1) is 14.5. The second kappa shape index (κ2) is 5.78. The Balaban J connectivity index is 1.78. The Morgan fingerprint density at radius 2 is 2.14 bits per heavy atom. The number of rotatable bonds is 4. The molecule has 0 amide bonds. The number of aromatic nitrogens is 2. The third-order valence-electron chi connectivity index (χ3n) is 5.03. The van der Waals surface area contributed by atoms with Crippen molar-refractivity contribution in [1.29, 1.82) is 0 Å². The van der Waals surface area contributed by atoms with Gasteiger partial charge < -0.3 is 9.72 Å². The Hall–Kier alpha value is -1.39. The summed E-state index contributed by atoms with van der Waals surface area (Å²) in [5.74, 6) is 0. The zero-order valence-electron chi connectivity index (χ0n) is 13.3. The number of nitrogens with zero attached hydrogens (tertiary/aromatic N) is 3. The molecule has 4 heteroatoms. The predicted molar refractivity (Wildman–Crippen MR) is 86.4 cm³/mol. The second-order valence-electron chi connectivity index (χ2n) is 6.32. The molecular weight excluding hydrogens is 260 g/mol. The van der Waals surface area contributed by atoms with Crippen molar-refractivity contribution in [2.45, 2.75) is 51.7 Å². The summed E-state index contributed by atoms with van der Waals surface area (Å²) < 4.78 is 2.11. The van der Waals surface area contributed by atoms with E-state index in [-0.39, 0.29) is 5.54 Å². The van der Waals surface area contributed by atoms with Crippen LogP contribution in [0.15, 0.2) is 30.6 Å². The van der Waals surface area contributed by atoms with Crippen molar-refractivity contribution >= 4 is 5.65 Å². The largest absolute Gasteiger partial charge is 0.308 e. The van der Waals surface area contributed by atoms with Crippen molar-refractivity contribution in [3.8, 4) is 0 Å². The number of piperazine rings is 1. The summed E-state index contributed by atoms with van der Waals surface area (Å²) in [7, 11) is 0. The predicted octanol–water partition coefficient (Wildman–Crippen LogP) is 2.69. The molecule has 0 bridgehead atoms. The molecule has 1 aliphatic heterocycles. The molecule has 21 heavy (non-hydrogen) atoms. The SMILES string of the molecule is CCC1(CC)CN(Cc2cn3ccccc3n2)C(C)CN1. The van der Waals surface area contributed by atoms with Crippen LogP contribution in [-0.2, 0) is 6.54 Å². The fourth-order valence-electron chi connectivity index (χ4n) is 3.30. The Bertz CT molecular complexity index is 567. The van der Waals surface area contributed by atoms with Gasteiger partial charge in [-0.1, -0.05) is 19.9 Å². The molecule has 1 unspecified atom stereocenters. The summed E-state index contributed by atoms with van der Waals surface area (Å²) >= 11 is 0. The molecule has 2 aromatic heterocycles. The molecule has 1 atom stereocenters. The van der Waals surface area contributed by atoms with Crippen LogP contribution in [0.2, 0.25) is 0 Å². The summed E-state index contributed by atoms with van der Waals surface area (Å²) in [5, 5.41) is 3.76. The van der Waals surface area contributed by atoms with Gasteiger partial charge in [0.2, 0.25) is 0 Å². The van der Waals surface area contributed by atoms with E-state index in [4.69, 9.17) is 4.98 Å². The van der Waals surface area contributed by atoms with E-state index >= 15 is 0 Å². The number of imidazole rings is 1. The second-order valence-corrected chi connectivity index (χ2v) is 6.32. The molecule has 1 N–H and O–H groups in total. The lowest BCUT2D eigenvalue weighted by Gasteiger charge is -2.46. The van der Waals surface area contributed by atoms with Gasteiger partial charge in [-0.2, -0.15) is 0 Å². The summed E-state index contributed by atoms with van der Waals surface area (Å²) in [5.41, 5.74) is 2.47. The van der Waals surface area contributed by atoms with Gasteiger partial charge in [0.25, 0.3) is 0 Å². The Kier molecular flexibility index (Phi) is 4.00. The highest BCUT2D eigenvalue weighted by atomic mass is 15.3. The molecule has 0 aromatic carbocycles. The minimum atomic E-state index is 0.270. The summed E-state index contributed by atoms with van der Waals surface area (Å²) in [6.45, 7) is 9.99. The zero-order valence-corrected chi connectivity index (χ0v) is 13.3. The van der Waals surface area contributed by atoms with E-state index in [0.717, 1.165) is 31.0 Å². The van der Waals surface area contributed by atoms with Crippen LogP contribution in [0.5, 0.6) is 0 Å². The van der Waals surface area contributed by atoms with Gasteiger partial charge in [0.1, 0.15) is 5.65 Å². The van der Waals surface area contributed by atoms with Gasteiger partial charge in [0.05, 0.1) is 5.69 Å². The third-order valence-corrected chi connectivity index (χ3v) is 5.03. The summed E-state index contributed by atoms with van der Waals surface area (Å²) in [4.78, 5) is 7.32. The maximum atomic E-state index is 4.74. The lowest BCUT2D eigenvalue weighted by atomic mass is 9.88. The van der Waals surface area contributed by atoms with Gasteiger partial charge in [-0.05, 0) is 31.9 Å². The van der Waals surface area contributed by atoms with Crippen LogP contribution < -0.4 is 5.32 Å². The maximum absolute atomic E-state index is 4.74. The average Bonchev–Trinajstić information content (AvgIpc) is 2.92. The molecule has 0 saturated carbocycles. The summed E-state index contributed by atoms with van der Waals surface area (Å²) in [6, 6.07) is 6.71. The van der Waals surface area contributed by atoms with Crippen molar-refractivity contribution in [3.63, 3.8) is 0 Å². The van der Waals surface area contributed by atoms with Gasteiger partial charge in [-0.15, -0.1) is 0 Å². The Labute approximate surface area is 127 Å². The smallest absolute Gasteiger partial charge is 0.137 e. The third kappa shape index (κ3) is 2.83. The lowest BCUT2D eigenvalue weighted by molar-refractivity contribution is 0.0737. The van der Waals surface area contributed by atoms with Gasteiger partial charge in [-0.3, -0.25) is 4.90 Å². The number of hydrogen-bond acceptors (Lipinski definition) is 3. The van der Waals surface area contributed by atoms with Crippen LogP contribution in [0.25, 0.3) is 5.65 Å². The molecule has 0 aliphatic carbocycles. The molecule has 3 heterocycles. The van der Waals surface area contributed by atoms with Crippen molar-refractivity contribution in [2.24, 2.45) is 0 Å². The lowest BCUT2D eigenvalue weighted by Crippen LogP contribution is -2.62. The molecule has 1 aliphatic rings. The van der Waals surface area contributed by atoms with Crippen molar-refractivity contribution in [2.75, 3.05) is 13.1 Å². The van der Waals surface area contributed by atoms with Gasteiger partial charge in [0.15, 0.2) is 0 Å². The Morgan fingerprint density at radius 3 is 2.86 bits per heavy atom. The Morgan fingerprint density at radius 1 is 1.33 bits per heavy atom. The van der Waals surface area contributed by atoms with Crippen LogP contribution >= 0.6 is 0 Å². The van der Waals surface area contributed by atoms with E-state index in [1.165, 1.54) is 12.8 Å². The molecule has 1 fully saturated rings. The highest BCUT2D eigenvalue weighted by Gasteiger charge is 2.35. The molecule has 114 valence electrons. The fourth-order valence-corrected chi connectivity index (χ4v) is 3.30. The van der Waals surface area contributed by atoms with Gasteiger partial charge >= 0.3 is 0 Å². The van der Waals surface area contributed by atoms with Crippen LogP contribution in [0.1, 0.15) is 39.3 Å². The molecule has 4 nitrogen and oxygen atoms in total. The molecule has 2 aromatic rings. The van der Waals surface area contributed by atoms with Crippen molar-refractivity contribution < 1.29 is 0 Å². The van der Waals surface area contributed by atoms with Crippen LogP contribution in [0, 0.1) is 0 Å². The first-order chi connectivity index (χ1) is 10.2. The van der Waals surface area contributed by atoms with E-state index < -0.39 is 0 Å². The van der Waals surface area contributed by atoms with E-state index in [1.54, 1.807) is 0 Å². The average molecular weight is 286 g/mol. The van der Waals surface area contributed by atoms with Crippen molar-refractivity contribution in [1.82, 2.24) is 19.6 Å². The number of fused-ring (bicyclic) bond motifs is 1. The first-order valence-electron chi connectivity index (χ1n) is 8.07. The van der Waals surface area contributed by atoms with E-state index in [0.29, 0.717) is 6.04 Å². The number of hydrogen-bond donors (Lipinski definition) is 1. The minimum absolute atomic E-state index is 0.270. The van der Waals surface area contributed by atoms with Crippen LogP contribution in [0.4, 0.5) is 0 Å². The highest BCUT2D eigenvalue weighted by molar-refractivity contribution is 5.39. The standard InChI is InChI=1S/C17H26N4/c1-4-17(5-2)13-21(14(3)10-18-17)12-15-11-20-9-7-6-8-16(20)19-15/h6-9,11,14,18H,4-5,10,12-13H2,1-3H3. The zero-order chi connectivity index (χ0) is 14.9.